The second kappa shape index (κ2) is 5.35. The SMILES string of the molecule is CC(C)C[S@@](=O)N=CC(F)F. The van der Waals surface area contributed by atoms with Crippen molar-refractivity contribution in [2.75, 3.05) is 5.75 Å². The summed E-state index contributed by atoms with van der Waals surface area (Å²) in [4.78, 5) is 0. The van der Waals surface area contributed by atoms with Crippen LogP contribution >= 0.6 is 0 Å². The molecule has 0 aliphatic heterocycles. The van der Waals surface area contributed by atoms with Crippen LogP contribution in [0.1, 0.15) is 13.8 Å². The highest BCUT2D eigenvalue weighted by atomic mass is 32.2. The van der Waals surface area contributed by atoms with E-state index >= 15 is 0 Å². The van der Waals surface area contributed by atoms with Crippen LogP contribution in [0.4, 0.5) is 8.78 Å². The zero-order valence-corrected chi connectivity index (χ0v) is 7.28. The Kier molecular flexibility index (Phi) is 5.19. The predicted molar refractivity (Wildman–Crippen MR) is 42.3 cm³/mol. The van der Waals surface area contributed by atoms with Crippen LogP contribution in [-0.2, 0) is 11.0 Å². The van der Waals surface area contributed by atoms with Gasteiger partial charge in [-0.2, -0.15) is 4.40 Å². The number of alkyl halides is 2. The molecule has 0 heterocycles. The molecule has 0 aromatic carbocycles. The fourth-order valence-corrected chi connectivity index (χ4v) is 1.33. The number of rotatable bonds is 4. The van der Waals surface area contributed by atoms with Crippen LogP contribution in [0.2, 0.25) is 0 Å². The van der Waals surface area contributed by atoms with Gasteiger partial charge in [-0.15, -0.1) is 0 Å². The van der Waals surface area contributed by atoms with Crippen molar-refractivity contribution in [3.05, 3.63) is 0 Å². The van der Waals surface area contributed by atoms with Crippen molar-refractivity contribution in [3.8, 4) is 0 Å². The molecular formula is C6H11F2NOS. The molecule has 0 saturated heterocycles. The van der Waals surface area contributed by atoms with Crippen LogP contribution in [0.15, 0.2) is 4.40 Å². The van der Waals surface area contributed by atoms with Crippen LogP contribution in [0, 0.1) is 5.92 Å². The van der Waals surface area contributed by atoms with Crippen LogP contribution in [0.5, 0.6) is 0 Å². The van der Waals surface area contributed by atoms with Gasteiger partial charge in [0.05, 0.1) is 6.21 Å². The first-order chi connectivity index (χ1) is 5.02. The van der Waals surface area contributed by atoms with Gasteiger partial charge < -0.3 is 0 Å². The standard InChI is InChI=1S/C6H11F2NOS/c1-5(2)4-11(10)9-3-6(7)8/h3,5-6H,4H2,1-2H3/t11-/m1/s1. The Hall–Kier alpha value is -0.320. The number of hydrogen-bond donors (Lipinski definition) is 0. The molecule has 0 fully saturated rings. The molecule has 0 aliphatic rings. The van der Waals surface area contributed by atoms with E-state index in [2.05, 4.69) is 4.40 Å². The van der Waals surface area contributed by atoms with Gasteiger partial charge in [0.15, 0.2) is 0 Å². The lowest BCUT2D eigenvalue weighted by Crippen LogP contribution is -2.03. The molecule has 1 atom stereocenters. The fraction of sp³-hybridized carbons (Fsp3) is 0.833. The minimum atomic E-state index is -2.61. The highest BCUT2D eigenvalue weighted by molar-refractivity contribution is 7.83. The maximum Gasteiger partial charge on any atom is 0.274 e. The molecule has 0 aromatic heterocycles. The molecule has 5 heteroatoms. The van der Waals surface area contributed by atoms with Crippen LogP contribution < -0.4 is 0 Å². The summed E-state index contributed by atoms with van der Waals surface area (Å²) in [5, 5.41) is 0. The maximum atomic E-state index is 11.4. The largest absolute Gasteiger partial charge is 0.274 e. The molecule has 0 unspecified atom stereocenters. The molecule has 0 aliphatic carbocycles. The Bertz CT molecular complexity index is 159. The molecule has 0 N–H and O–H groups in total. The zero-order chi connectivity index (χ0) is 8.85. The molecule has 2 nitrogen and oxygen atoms in total. The van der Waals surface area contributed by atoms with E-state index < -0.39 is 17.4 Å². The Labute approximate surface area is 67.3 Å². The Balaban J connectivity index is 3.69. The minimum absolute atomic E-state index is 0.214. The van der Waals surface area contributed by atoms with Crippen LogP contribution in [0.25, 0.3) is 0 Å². The Morgan fingerprint density at radius 3 is 2.45 bits per heavy atom. The van der Waals surface area contributed by atoms with Gasteiger partial charge in [-0.1, -0.05) is 13.8 Å². The van der Waals surface area contributed by atoms with Crippen molar-refractivity contribution >= 4 is 17.2 Å². The summed E-state index contributed by atoms with van der Waals surface area (Å²) in [6, 6.07) is 0. The van der Waals surface area contributed by atoms with Crippen molar-refractivity contribution in [1.29, 1.82) is 0 Å². The summed E-state index contributed by atoms with van der Waals surface area (Å²) in [6.45, 7) is 3.71. The first-order valence-corrected chi connectivity index (χ1v) is 4.50. The monoisotopic (exact) mass is 183 g/mol. The third-order valence-corrected chi connectivity index (χ3v) is 2.08. The van der Waals surface area contributed by atoms with Crippen molar-refractivity contribution in [2.45, 2.75) is 20.3 Å². The van der Waals surface area contributed by atoms with Crippen molar-refractivity contribution in [3.63, 3.8) is 0 Å². The Morgan fingerprint density at radius 2 is 2.09 bits per heavy atom. The van der Waals surface area contributed by atoms with E-state index in [4.69, 9.17) is 0 Å². The molecule has 0 aromatic rings. The average molecular weight is 183 g/mol. The summed E-state index contributed by atoms with van der Waals surface area (Å²) in [6.07, 6.45) is -2.19. The van der Waals surface area contributed by atoms with Crippen molar-refractivity contribution in [2.24, 2.45) is 10.3 Å². The van der Waals surface area contributed by atoms with Gasteiger partial charge in [0.1, 0.15) is 11.0 Å². The summed E-state index contributed by atoms with van der Waals surface area (Å²) in [5.74, 6) is 0.550. The van der Waals surface area contributed by atoms with Crippen LogP contribution in [-0.4, -0.2) is 22.6 Å². The predicted octanol–water partition coefficient (Wildman–Crippen LogP) is 1.64. The molecule has 11 heavy (non-hydrogen) atoms. The second-order valence-corrected chi connectivity index (χ2v) is 3.66. The van der Waals surface area contributed by atoms with Crippen LogP contribution in [0.3, 0.4) is 0 Å². The lowest BCUT2D eigenvalue weighted by atomic mass is 10.3. The van der Waals surface area contributed by atoms with Gasteiger partial charge >= 0.3 is 0 Å². The summed E-state index contributed by atoms with van der Waals surface area (Å²) >= 11 is 0. The first kappa shape index (κ1) is 10.7. The molecule has 0 saturated carbocycles. The third-order valence-electron chi connectivity index (χ3n) is 0.767. The van der Waals surface area contributed by atoms with Crippen molar-refractivity contribution in [1.82, 2.24) is 0 Å². The normalized spacial score (nSPS) is 15.1. The zero-order valence-electron chi connectivity index (χ0n) is 6.46. The average Bonchev–Trinajstić information content (AvgIpc) is 1.82. The van der Waals surface area contributed by atoms with E-state index in [0.29, 0.717) is 12.0 Å². The lowest BCUT2D eigenvalue weighted by Gasteiger charge is -1.98. The quantitative estimate of drug-likeness (QED) is 0.609. The Morgan fingerprint density at radius 1 is 1.55 bits per heavy atom. The van der Waals surface area contributed by atoms with E-state index in [0.717, 1.165) is 0 Å². The molecule has 0 bridgehead atoms. The van der Waals surface area contributed by atoms with E-state index in [1.54, 1.807) is 0 Å². The second-order valence-electron chi connectivity index (χ2n) is 2.47. The minimum Gasteiger partial charge on any atom is -0.235 e. The maximum absolute atomic E-state index is 11.4. The topological polar surface area (TPSA) is 29.4 Å². The molecule has 0 radical (unpaired) electrons. The van der Waals surface area contributed by atoms with Gasteiger partial charge in [-0.05, 0) is 5.92 Å². The molecule has 0 amide bonds. The van der Waals surface area contributed by atoms with E-state index in [9.17, 15) is 13.0 Å². The van der Waals surface area contributed by atoms with E-state index in [-0.39, 0.29) is 5.92 Å². The van der Waals surface area contributed by atoms with Crippen molar-refractivity contribution < 1.29 is 13.0 Å². The van der Waals surface area contributed by atoms with Gasteiger partial charge in [0.2, 0.25) is 0 Å². The molecule has 0 rings (SSSR count). The van der Waals surface area contributed by atoms with E-state index in [1.807, 2.05) is 13.8 Å². The smallest absolute Gasteiger partial charge is 0.235 e. The van der Waals surface area contributed by atoms with Gasteiger partial charge in [0.25, 0.3) is 6.43 Å². The first-order valence-electron chi connectivity index (χ1n) is 3.23. The lowest BCUT2D eigenvalue weighted by molar-refractivity contribution is 0.232. The number of hydrogen-bond acceptors (Lipinski definition) is 1. The van der Waals surface area contributed by atoms with Gasteiger partial charge in [-0.3, -0.25) is 0 Å². The third kappa shape index (κ3) is 7.58. The summed E-state index contributed by atoms with van der Waals surface area (Å²) in [7, 11) is -1.48. The van der Waals surface area contributed by atoms with E-state index in [1.165, 1.54) is 0 Å². The highest BCUT2D eigenvalue weighted by Gasteiger charge is 2.01. The summed E-state index contributed by atoms with van der Waals surface area (Å²) < 4.78 is 36.8. The highest BCUT2D eigenvalue weighted by Crippen LogP contribution is 1.97. The molecule has 66 valence electrons. The fourth-order valence-electron chi connectivity index (χ4n) is 0.442. The number of nitrogens with zero attached hydrogens (tertiary/aromatic N) is 1. The number of halogens is 2. The molecule has 0 spiro atoms. The summed E-state index contributed by atoms with van der Waals surface area (Å²) in [5.41, 5.74) is 0. The molecular weight excluding hydrogens is 172 g/mol. The van der Waals surface area contributed by atoms with Gasteiger partial charge in [-0.25, -0.2) is 13.0 Å². The van der Waals surface area contributed by atoms with Gasteiger partial charge in [0, 0.05) is 5.75 Å².